The van der Waals surface area contributed by atoms with E-state index in [9.17, 15) is 10.1 Å². The molecule has 2 aromatic heterocycles. The second-order valence-corrected chi connectivity index (χ2v) is 11.6. The molecule has 0 aliphatic carbocycles. The Hall–Kier alpha value is -4.75. The highest BCUT2D eigenvalue weighted by Gasteiger charge is 2.49. The van der Waals surface area contributed by atoms with Crippen LogP contribution in [-0.2, 0) is 9.53 Å². The lowest BCUT2D eigenvalue weighted by Gasteiger charge is -2.47. The summed E-state index contributed by atoms with van der Waals surface area (Å²) in [6, 6.07) is 16.7. The molecular weight excluding hydrogens is 528 g/mol. The number of H-pyrrole nitrogens is 1. The number of anilines is 2. The molecule has 3 fully saturated rings. The van der Waals surface area contributed by atoms with Crippen molar-refractivity contribution in [2.75, 3.05) is 55.7 Å². The summed E-state index contributed by atoms with van der Waals surface area (Å²) in [5.74, 6) is 1.19. The van der Waals surface area contributed by atoms with E-state index in [1.54, 1.807) is 6.20 Å². The number of rotatable bonds is 5. The van der Waals surface area contributed by atoms with Crippen LogP contribution in [0.4, 0.5) is 11.8 Å². The lowest BCUT2D eigenvalue weighted by Crippen LogP contribution is -2.59. The quantitative estimate of drug-likeness (QED) is 0.365. The number of aromatic amines is 1. The molecule has 10 heteroatoms. The van der Waals surface area contributed by atoms with Gasteiger partial charge in [0.2, 0.25) is 11.9 Å². The number of carbonyl (C=O) groups is 1. The minimum atomic E-state index is -0.108. The molecule has 1 unspecified atom stereocenters. The van der Waals surface area contributed by atoms with Crippen molar-refractivity contribution in [3.63, 3.8) is 0 Å². The molecule has 3 aliphatic heterocycles. The average Bonchev–Trinajstić information content (AvgIpc) is 3.68. The van der Waals surface area contributed by atoms with Crippen LogP contribution in [0, 0.1) is 23.7 Å². The van der Waals surface area contributed by atoms with Crippen LogP contribution in [0.5, 0.6) is 0 Å². The fourth-order valence-electron chi connectivity index (χ4n) is 6.66. The van der Waals surface area contributed by atoms with E-state index in [4.69, 9.17) is 14.7 Å². The van der Waals surface area contributed by atoms with E-state index >= 15 is 0 Å². The number of aromatic nitrogens is 4. The smallest absolute Gasteiger partial charge is 0.245 e. The minimum Gasteiger partial charge on any atom is -0.370 e. The molecule has 0 radical (unpaired) electrons. The number of amides is 1. The molecular formula is C32H32N8O2. The Morgan fingerprint density at radius 3 is 2.76 bits per heavy atom. The van der Waals surface area contributed by atoms with Gasteiger partial charge in [-0.15, -0.1) is 0 Å². The first kappa shape index (κ1) is 26.2. The molecule has 0 bridgehead atoms. The fourth-order valence-corrected chi connectivity index (χ4v) is 6.66. The summed E-state index contributed by atoms with van der Waals surface area (Å²) in [6.45, 7) is 10.3. The number of nitriles is 1. The largest absolute Gasteiger partial charge is 0.370 e. The van der Waals surface area contributed by atoms with Crippen LogP contribution in [0.3, 0.4) is 0 Å². The van der Waals surface area contributed by atoms with Crippen molar-refractivity contribution in [3.8, 4) is 17.3 Å². The molecule has 1 atom stereocenters. The van der Waals surface area contributed by atoms with Crippen LogP contribution >= 0.6 is 0 Å². The molecule has 3 aliphatic rings. The molecule has 3 saturated heterocycles. The third-order valence-corrected chi connectivity index (χ3v) is 8.86. The van der Waals surface area contributed by atoms with Crippen LogP contribution < -0.4 is 9.80 Å². The van der Waals surface area contributed by atoms with Crippen LogP contribution in [0.2, 0.25) is 0 Å². The van der Waals surface area contributed by atoms with E-state index < -0.39 is 0 Å². The zero-order chi connectivity index (χ0) is 28.8. The number of nitrogens with zero attached hydrogens (tertiary/aromatic N) is 7. The van der Waals surface area contributed by atoms with Gasteiger partial charge in [-0.3, -0.25) is 9.89 Å². The van der Waals surface area contributed by atoms with Gasteiger partial charge in [-0.05, 0) is 36.6 Å². The van der Waals surface area contributed by atoms with E-state index in [0.29, 0.717) is 55.8 Å². The number of fused-ring (bicyclic) bond motifs is 1. The lowest BCUT2D eigenvalue weighted by atomic mass is 9.79. The molecule has 1 spiro atoms. The Morgan fingerprint density at radius 2 is 1.98 bits per heavy atom. The normalized spacial score (nSPS) is 19.6. The van der Waals surface area contributed by atoms with Crippen LogP contribution in [-0.4, -0.2) is 76.8 Å². The average molecular weight is 561 g/mol. The van der Waals surface area contributed by atoms with Crippen molar-refractivity contribution in [2.24, 2.45) is 5.41 Å². The Kier molecular flexibility index (Phi) is 6.39. The van der Waals surface area contributed by atoms with Gasteiger partial charge in [0.1, 0.15) is 17.7 Å². The van der Waals surface area contributed by atoms with Crippen LogP contribution in [0.15, 0.2) is 61.3 Å². The molecule has 10 nitrogen and oxygen atoms in total. The second kappa shape index (κ2) is 10.3. The molecule has 1 amide bonds. The van der Waals surface area contributed by atoms with E-state index in [1.165, 1.54) is 6.08 Å². The van der Waals surface area contributed by atoms with Gasteiger partial charge in [-0.2, -0.15) is 15.3 Å². The number of hydrogen-bond donors (Lipinski definition) is 1. The zero-order valence-corrected chi connectivity index (χ0v) is 23.6. The third-order valence-electron chi connectivity index (χ3n) is 8.86. The highest BCUT2D eigenvalue weighted by Crippen LogP contribution is 2.44. The first-order valence-corrected chi connectivity index (χ1v) is 14.3. The van der Waals surface area contributed by atoms with Gasteiger partial charge in [0, 0.05) is 49.1 Å². The van der Waals surface area contributed by atoms with Crippen molar-refractivity contribution in [1.82, 2.24) is 25.1 Å². The Balaban J connectivity index is 1.31. The molecule has 212 valence electrons. The van der Waals surface area contributed by atoms with Gasteiger partial charge in [-0.25, -0.2) is 4.98 Å². The molecule has 42 heavy (non-hydrogen) atoms. The number of likely N-dealkylation sites (tertiary alicyclic amines) is 1. The number of carbonyl (C=O) groups excluding carboxylic acids is 1. The summed E-state index contributed by atoms with van der Waals surface area (Å²) in [6.07, 6.45) is 3.99. The van der Waals surface area contributed by atoms with E-state index in [-0.39, 0.29) is 17.4 Å². The van der Waals surface area contributed by atoms with Crippen LogP contribution in [0.25, 0.3) is 22.2 Å². The number of nitrogens with one attached hydrogen (secondary N) is 1. The SMILES string of the molecule is C=CC(=O)N1CC2(CCN(c3nc(N4CCOC(c5ccccc5)C4)nc(-c4c(C)ccc5[nH]ncc45)c3C#N)C2)C1. The van der Waals surface area contributed by atoms with Gasteiger partial charge >= 0.3 is 0 Å². The standard InChI is InChI=1S/C32H32N8O2/c1-3-27(41)40-19-32(20-40)11-12-39(18-32)30-23(15-33)29(28-21(2)9-10-25-24(28)16-34-37-25)35-31(36-30)38-13-14-42-26(17-38)22-7-5-4-6-8-22/h3-10,16,26H,1,11-14,17-20H2,2H3,(H,34,37). The third kappa shape index (κ3) is 4.37. The molecule has 5 heterocycles. The maximum Gasteiger partial charge on any atom is 0.245 e. The van der Waals surface area contributed by atoms with Gasteiger partial charge < -0.3 is 19.4 Å². The molecule has 0 saturated carbocycles. The van der Waals surface area contributed by atoms with Crippen LogP contribution in [0.1, 0.15) is 29.2 Å². The predicted octanol–water partition coefficient (Wildman–Crippen LogP) is 4.00. The molecule has 4 aromatic rings. The number of benzene rings is 2. The highest BCUT2D eigenvalue weighted by molar-refractivity contribution is 5.97. The Labute approximate surface area is 244 Å². The van der Waals surface area contributed by atoms with Crippen molar-refractivity contribution in [2.45, 2.75) is 19.4 Å². The number of ether oxygens (including phenoxy) is 1. The van der Waals surface area contributed by atoms with Crippen molar-refractivity contribution >= 4 is 28.6 Å². The molecule has 2 aromatic carbocycles. The Bertz CT molecular complexity index is 1720. The fraction of sp³-hybridized carbons (Fsp3) is 0.344. The second-order valence-electron chi connectivity index (χ2n) is 11.6. The summed E-state index contributed by atoms with van der Waals surface area (Å²) < 4.78 is 6.15. The van der Waals surface area contributed by atoms with Gasteiger partial charge in [0.05, 0.1) is 30.6 Å². The lowest BCUT2D eigenvalue weighted by molar-refractivity contribution is -0.136. The first-order chi connectivity index (χ1) is 20.5. The number of hydrogen-bond acceptors (Lipinski definition) is 8. The number of morpholine rings is 1. The van der Waals surface area contributed by atoms with E-state index in [0.717, 1.165) is 47.1 Å². The first-order valence-electron chi connectivity index (χ1n) is 14.3. The maximum absolute atomic E-state index is 12.2. The topological polar surface area (TPSA) is 114 Å². The summed E-state index contributed by atoms with van der Waals surface area (Å²) in [5, 5.41) is 18.9. The van der Waals surface area contributed by atoms with Crippen molar-refractivity contribution < 1.29 is 9.53 Å². The summed E-state index contributed by atoms with van der Waals surface area (Å²) in [4.78, 5) is 28.6. The monoisotopic (exact) mass is 560 g/mol. The molecule has 7 rings (SSSR count). The Morgan fingerprint density at radius 1 is 1.14 bits per heavy atom. The summed E-state index contributed by atoms with van der Waals surface area (Å²) in [7, 11) is 0. The summed E-state index contributed by atoms with van der Waals surface area (Å²) in [5.41, 5.74) is 4.96. The number of aryl methyl sites for hydroxylation is 1. The minimum absolute atomic E-state index is 0.00543. The highest BCUT2D eigenvalue weighted by atomic mass is 16.5. The summed E-state index contributed by atoms with van der Waals surface area (Å²) >= 11 is 0. The maximum atomic E-state index is 12.2. The van der Waals surface area contributed by atoms with E-state index in [2.05, 4.69) is 44.8 Å². The zero-order valence-electron chi connectivity index (χ0n) is 23.6. The van der Waals surface area contributed by atoms with Crippen molar-refractivity contribution in [1.29, 1.82) is 5.26 Å². The van der Waals surface area contributed by atoms with Gasteiger partial charge in [0.25, 0.3) is 0 Å². The van der Waals surface area contributed by atoms with E-state index in [1.807, 2.05) is 42.2 Å². The molecule has 1 N–H and O–H groups in total. The van der Waals surface area contributed by atoms with Crippen molar-refractivity contribution in [3.05, 3.63) is 78.0 Å². The van der Waals surface area contributed by atoms with Gasteiger partial charge in [0.15, 0.2) is 5.82 Å². The van der Waals surface area contributed by atoms with Gasteiger partial charge in [-0.1, -0.05) is 43.0 Å². The predicted molar refractivity (Wildman–Crippen MR) is 160 cm³/mol.